The number of carbonyl (C=O) groups is 1. The Balaban J connectivity index is 2.79. The van der Waals surface area contributed by atoms with E-state index < -0.39 is 5.91 Å². The number of ether oxygens (including phenoxy) is 2. The molecule has 1 N–H and O–H groups in total. The highest BCUT2D eigenvalue weighted by molar-refractivity contribution is 9.10. The Morgan fingerprint density at radius 2 is 2.12 bits per heavy atom. The van der Waals surface area contributed by atoms with Crippen molar-refractivity contribution in [2.45, 2.75) is 0 Å². The summed E-state index contributed by atoms with van der Waals surface area (Å²) in [7, 11) is 2.92. The predicted molar refractivity (Wildman–Crippen MR) is 68.9 cm³/mol. The molecule has 0 aliphatic heterocycles. The summed E-state index contributed by atoms with van der Waals surface area (Å²) in [6, 6.07) is 5.16. The van der Waals surface area contributed by atoms with E-state index in [4.69, 9.17) is 4.74 Å². The third kappa shape index (κ3) is 3.18. The first-order chi connectivity index (χ1) is 7.58. The second-order valence-corrected chi connectivity index (χ2v) is 4.02. The van der Waals surface area contributed by atoms with E-state index >= 15 is 0 Å². The fourth-order valence-corrected chi connectivity index (χ4v) is 1.61. The second-order valence-electron chi connectivity index (χ2n) is 2.80. The van der Waals surface area contributed by atoms with Gasteiger partial charge in [-0.2, -0.15) is 0 Å². The average molecular weight is 304 g/mol. The molecular weight excluding hydrogens is 294 g/mol. The molecular formula is C10H10BrNO3S. The second kappa shape index (κ2) is 5.81. The topological polar surface area (TPSA) is 47.6 Å². The summed E-state index contributed by atoms with van der Waals surface area (Å²) in [5, 5.41) is 2.49. The van der Waals surface area contributed by atoms with E-state index in [1.54, 1.807) is 25.3 Å². The van der Waals surface area contributed by atoms with E-state index in [9.17, 15) is 4.79 Å². The van der Waals surface area contributed by atoms with Crippen LogP contribution in [0.2, 0.25) is 0 Å². The summed E-state index contributed by atoms with van der Waals surface area (Å²) >= 11 is 8.00. The van der Waals surface area contributed by atoms with Crippen LogP contribution in [0.25, 0.3) is 0 Å². The highest BCUT2D eigenvalue weighted by Crippen LogP contribution is 2.27. The van der Waals surface area contributed by atoms with E-state index in [1.807, 2.05) is 0 Å². The van der Waals surface area contributed by atoms with Gasteiger partial charge in [0.25, 0.3) is 5.05 Å². The minimum atomic E-state index is -0.449. The van der Waals surface area contributed by atoms with Crippen LogP contribution < -0.4 is 10.1 Å². The number of benzene rings is 1. The van der Waals surface area contributed by atoms with Crippen molar-refractivity contribution in [2.75, 3.05) is 19.5 Å². The third-order valence-corrected chi connectivity index (χ3v) is 2.75. The van der Waals surface area contributed by atoms with Crippen LogP contribution in [0.5, 0.6) is 5.75 Å². The molecule has 0 fully saturated rings. The van der Waals surface area contributed by atoms with Crippen molar-refractivity contribution in [3.05, 3.63) is 22.7 Å². The maximum Gasteiger partial charge on any atom is 0.302 e. The molecule has 86 valence electrons. The molecule has 0 bridgehead atoms. The lowest BCUT2D eigenvalue weighted by Crippen LogP contribution is -2.22. The average Bonchev–Trinajstić information content (AvgIpc) is 2.28. The smallest absolute Gasteiger partial charge is 0.302 e. The SMILES string of the molecule is COC(=S)C(=O)Nc1ccc(OC)c(Br)c1. The van der Waals surface area contributed by atoms with Crippen molar-refractivity contribution in [3.63, 3.8) is 0 Å². The largest absolute Gasteiger partial charge is 0.496 e. The summed E-state index contributed by atoms with van der Waals surface area (Å²) in [5.41, 5.74) is 0.608. The molecule has 0 aliphatic carbocycles. The molecule has 0 unspecified atom stereocenters. The van der Waals surface area contributed by atoms with E-state index in [0.717, 1.165) is 4.47 Å². The molecule has 0 saturated carbocycles. The first-order valence-corrected chi connectivity index (χ1v) is 5.51. The van der Waals surface area contributed by atoms with Crippen molar-refractivity contribution < 1.29 is 14.3 Å². The Morgan fingerprint density at radius 3 is 2.62 bits per heavy atom. The highest BCUT2D eigenvalue weighted by Gasteiger charge is 2.10. The minimum absolute atomic E-state index is 0.105. The Kier molecular flexibility index (Phi) is 4.70. The molecule has 0 atom stereocenters. The molecule has 0 spiro atoms. The van der Waals surface area contributed by atoms with Gasteiger partial charge in [0.05, 0.1) is 18.7 Å². The Hall–Kier alpha value is -1.14. The van der Waals surface area contributed by atoms with Crippen LogP contribution in [0.1, 0.15) is 0 Å². The number of thiocarbonyl (C=S) groups is 1. The number of hydrogen-bond donors (Lipinski definition) is 1. The van der Waals surface area contributed by atoms with Crippen molar-refractivity contribution in [1.29, 1.82) is 0 Å². The van der Waals surface area contributed by atoms with Gasteiger partial charge in [0.15, 0.2) is 0 Å². The van der Waals surface area contributed by atoms with E-state index in [1.165, 1.54) is 7.11 Å². The van der Waals surface area contributed by atoms with Gasteiger partial charge in [-0.05, 0) is 46.3 Å². The van der Waals surface area contributed by atoms with Crippen LogP contribution in [0.15, 0.2) is 22.7 Å². The lowest BCUT2D eigenvalue weighted by molar-refractivity contribution is -0.111. The van der Waals surface area contributed by atoms with Crippen molar-refractivity contribution >= 4 is 44.8 Å². The predicted octanol–water partition coefficient (Wildman–Crippen LogP) is 2.37. The van der Waals surface area contributed by atoms with Crippen molar-refractivity contribution in [2.24, 2.45) is 0 Å². The van der Waals surface area contributed by atoms with Crippen molar-refractivity contribution in [3.8, 4) is 5.75 Å². The zero-order valence-electron chi connectivity index (χ0n) is 8.74. The van der Waals surface area contributed by atoms with E-state index in [-0.39, 0.29) is 5.05 Å². The Labute approximate surface area is 107 Å². The van der Waals surface area contributed by atoms with Gasteiger partial charge in [-0.3, -0.25) is 4.79 Å². The molecule has 16 heavy (non-hydrogen) atoms. The number of amides is 1. The highest BCUT2D eigenvalue weighted by atomic mass is 79.9. The minimum Gasteiger partial charge on any atom is -0.496 e. The number of rotatable bonds is 2. The van der Waals surface area contributed by atoms with Gasteiger partial charge in [0.2, 0.25) is 0 Å². The molecule has 0 radical (unpaired) electrons. The number of carbonyl (C=O) groups excluding carboxylic acids is 1. The normalized spacial score (nSPS) is 9.44. The molecule has 1 aromatic carbocycles. The van der Waals surface area contributed by atoms with Crippen LogP contribution in [0.4, 0.5) is 5.69 Å². The number of hydrogen-bond acceptors (Lipinski definition) is 4. The fraction of sp³-hybridized carbons (Fsp3) is 0.200. The van der Waals surface area contributed by atoms with Gasteiger partial charge in [0, 0.05) is 5.69 Å². The van der Waals surface area contributed by atoms with E-state index in [2.05, 4.69) is 38.2 Å². The molecule has 6 heteroatoms. The molecule has 0 heterocycles. The maximum atomic E-state index is 11.4. The molecule has 0 aliphatic rings. The van der Waals surface area contributed by atoms with Crippen LogP contribution in [-0.2, 0) is 9.53 Å². The van der Waals surface area contributed by atoms with Gasteiger partial charge < -0.3 is 14.8 Å². The summed E-state index contributed by atoms with van der Waals surface area (Å²) in [5.74, 6) is 0.238. The molecule has 1 rings (SSSR count). The molecule has 0 saturated heterocycles. The lowest BCUT2D eigenvalue weighted by Gasteiger charge is -2.08. The Morgan fingerprint density at radius 1 is 1.44 bits per heavy atom. The lowest BCUT2D eigenvalue weighted by atomic mass is 10.3. The number of anilines is 1. The Bertz CT molecular complexity index is 423. The third-order valence-electron chi connectivity index (χ3n) is 1.78. The van der Waals surface area contributed by atoms with Gasteiger partial charge in [-0.25, -0.2) is 0 Å². The molecule has 0 aromatic heterocycles. The van der Waals surface area contributed by atoms with Crippen molar-refractivity contribution in [1.82, 2.24) is 0 Å². The first kappa shape index (κ1) is 12.9. The van der Waals surface area contributed by atoms with E-state index in [0.29, 0.717) is 11.4 Å². The summed E-state index contributed by atoms with van der Waals surface area (Å²) in [6.07, 6.45) is 0. The molecule has 1 aromatic rings. The monoisotopic (exact) mass is 303 g/mol. The summed E-state index contributed by atoms with van der Waals surface area (Å²) < 4.78 is 10.5. The fourth-order valence-electron chi connectivity index (χ4n) is 1.02. The van der Waals surface area contributed by atoms with Crippen LogP contribution in [0, 0.1) is 0 Å². The zero-order valence-corrected chi connectivity index (χ0v) is 11.1. The van der Waals surface area contributed by atoms with Gasteiger partial charge >= 0.3 is 5.91 Å². The van der Waals surface area contributed by atoms with Crippen LogP contribution in [0.3, 0.4) is 0 Å². The summed E-state index contributed by atoms with van der Waals surface area (Å²) in [6.45, 7) is 0. The van der Waals surface area contributed by atoms with Gasteiger partial charge in [-0.15, -0.1) is 0 Å². The first-order valence-electron chi connectivity index (χ1n) is 4.31. The quantitative estimate of drug-likeness (QED) is 0.852. The number of methoxy groups -OCH3 is 2. The standard InChI is InChI=1S/C10H10BrNO3S/c1-14-8-4-3-6(5-7(8)11)12-9(13)10(16)15-2/h3-5H,1-2H3,(H,12,13). The maximum absolute atomic E-state index is 11.4. The zero-order chi connectivity index (χ0) is 12.1. The number of halogens is 1. The van der Waals surface area contributed by atoms with Gasteiger partial charge in [0.1, 0.15) is 5.75 Å². The molecule has 4 nitrogen and oxygen atoms in total. The number of nitrogens with one attached hydrogen (secondary N) is 1. The van der Waals surface area contributed by atoms with Crippen LogP contribution in [-0.4, -0.2) is 25.2 Å². The molecule has 1 amide bonds. The van der Waals surface area contributed by atoms with Gasteiger partial charge in [-0.1, -0.05) is 0 Å². The van der Waals surface area contributed by atoms with Crippen LogP contribution >= 0.6 is 28.1 Å². The summed E-state index contributed by atoms with van der Waals surface area (Å²) in [4.78, 5) is 11.4.